The number of anilines is 1. The van der Waals surface area contributed by atoms with Crippen LogP contribution in [0.5, 0.6) is 0 Å². The second-order valence-electron chi connectivity index (χ2n) is 6.10. The van der Waals surface area contributed by atoms with Crippen LogP contribution in [0.3, 0.4) is 0 Å². The smallest absolute Gasteiger partial charge is 0.291 e. The third-order valence-corrected chi connectivity index (χ3v) is 4.69. The molecule has 0 unspecified atom stereocenters. The van der Waals surface area contributed by atoms with Crippen molar-refractivity contribution in [1.29, 1.82) is 0 Å². The number of likely N-dealkylation sites (N-methyl/N-ethyl adjacent to an activating group) is 1. The summed E-state index contributed by atoms with van der Waals surface area (Å²) in [6.45, 7) is 7.77. The Morgan fingerprint density at radius 1 is 1.31 bits per heavy atom. The molecule has 26 heavy (non-hydrogen) atoms. The summed E-state index contributed by atoms with van der Waals surface area (Å²) in [6, 6.07) is 4.95. The van der Waals surface area contributed by atoms with Crippen molar-refractivity contribution in [3.63, 3.8) is 0 Å². The van der Waals surface area contributed by atoms with Crippen LogP contribution in [0.25, 0.3) is 0 Å². The molecule has 0 aliphatic carbocycles. The van der Waals surface area contributed by atoms with Gasteiger partial charge in [-0.05, 0) is 51.5 Å². The molecule has 2 rings (SSSR count). The Labute approximate surface area is 156 Å². The average Bonchev–Trinajstić information content (AvgIpc) is 3.21. The monoisotopic (exact) mass is 377 g/mol. The minimum atomic E-state index is -0.376. The van der Waals surface area contributed by atoms with E-state index in [0.717, 1.165) is 5.56 Å². The molecular formula is C18H23N3O4S. The lowest BCUT2D eigenvalue weighted by atomic mass is 10.2. The molecule has 0 aliphatic rings. The first-order chi connectivity index (χ1) is 12.3. The first-order valence-electron chi connectivity index (χ1n) is 8.35. The Balaban J connectivity index is 2.09. The molecule has 0 bridgehead atoms. The summed E-state index contributed by atoms with van der Waals surface area (Å²) in [4.78, 5) is 38.8. The van der Waals surface area contributed by atoms with Crippen molar-refractivity contribution >= 4 is 34.1 Å². The lowest BCUT2D eigenvalue weighted by Gasteiger charge is -2.20. The average molecular weight is 377 g/mol. The van der Waals surface area contributed by atoms with Crippen LogP contribution in [0.4, 0.5) is 5.00 Å². The molecule has 2 aromatic heterocycles. The van der Waals surface area contributed by atoms with Gasteiger partial charge in [-0.3, -0.25) is 14.4 Å². The van der Waals surface area contributed by atoms with Gasteiger partial charge in [0.15, 0.2) is 5.76 Å². The Bertz CT molecular complexity index is 780. The number of aryl methyl sites for hydroxylation is 1. The number of furan rings is 1. The van der Waals surface area contributed by atoms with Gasteiger partial charge in [0.1, 0.15) is 0 Å². The van der Waals surface area contributed by atoms with Crippen LogP contribution in [-0.2, 0) is 4.79 Å². The minimum absolute atomic E-state index is 0.00105. The summed E-state index contributed by atoms with van der Waals surface area (Å²) < 4.78 is 5.06. The highest BCUT2D eigenvalue weighted by molar-refractivity contribution is 7.18. The van der Waals surface area contributed by atoms with Gasteiger partial charge in [0.05, 0.1) is 22.7 Å². The SMILES string of the molecule is CCN(CC(=O)NC(C)C)C(=O)c1sc(NC(=O)c2ccco2)cc1C. The van der Waals surface area contributed by atoms with Crippen LogP contribution in [-0.4, -0.2) is 41.8 Å². The van der Waals surface area contributed by atoms with E-state index in [2.05, 4.69) is 10.6 Å². The number of thiophene rings is 1. The third kappa shape index (κ3) is 4.95. The maximum absolute atomic E-state index is 12.8. The predicted molar refractivity (Wildman–Crippen MR) is 101 cm³/mol. The molecule has 7 nitrogen and oxygen atoms in total. The summed E-state index contributed by atoms with van der Waals surface area (Å²) in [5.74, 6) is -0.605. The quantitative estimate of drug-likeness (QED) is 0.776. The molecule has 2 aromatic rings. The molecule has 0 saturated heterocycles. The molecule has 140 valence electrons. The topological polar surface area (TPSA) is 91.7 Å². The van der Waals surface area contributed by atoms with Gasteiger partial charge >= 0.3 is 0 Å². The molecule has 0 spiro atoms. The molecule has 2 heterocycles. The molecule has 0 aliphatic heterocycles. The number of carbonyl (C=O) groups is 3. The Morgan fingerprint density at radius 2 is 2.04 bits per heavy atom. The maximum atomic E-state index is 12.8. The fourth-order valence-electron chi connectivity index (χ4n) is 2.35. The number of rotatable bonds is 7. The molecule has 0 atom stereocenters. The van der Waals surface area contributed by atoms with Crippen LogP contribution < -0.4 is 10.6 Å². The summed E-state index contributed by atoms with van der Waals surface area (Å²) in [6.07, 6.45) is 1.42. The van der Waals surface area contributed by atoms with E-state index >= 15 is 0 Å². The van der Waals surface area contributed by atoms with Crippen molar-refractivity contribution in [2.24, 2.45) is 0 Å². The standard InChI is InChI=1S/C18H23N3O4S/c1-5-21(10-14(22)19-11(2)3)18(24)16-12(4)9-15(26-16)20-17(23)13-7-6-8-25-13/h6-9,11H,5,10H2,1-4H3,(H,19,22)(H,20,23). The van der Waals surface area contributed by atoms with Crippen LogP contribution >= 0.6 is 11.3 Å². The highest BCUT2D eigenvalue weighted by Crippen LogP contribution is 2.28. The van der Waals surface area contributed by atoms with Gasteiger partial charge in [-0.1, -0.05) is 0 Å². The summed E-state index contributed by atoms with van der Waals surface area (Å²) in [5.41, 5.74) is 0.748. The van der Waals surface area contributed by atoms with Crippen LogP contribution in [0, 0.1) is 6.92 Å². The van der Waals surface area contributed by atoms with Crippen LogP contribution in [0.2, 0.25) is 0 Å². The number of hydrogen-bond donors (Lipinski definition) is 2. The van der Waals surface area contributed by atoms with E-state index in [1.807, 2.05) is 20.8 Å². The zero-order valence-corrected chi connectivity index (χ0v) is 16.1. The third-order valence-electron chi connectivity index (χ3n) is 3.55. The first-order valence-corrected chi connectivity index (χ1v) is 9.17. The fraction of sp³-hybridized carbons (Fsp3) is 0.389. The molecule has 2 N–H and O–H groups in total. The van der Waals surface area contributed by atoms with E-state index in [4.69, 9.17) is 4.42 Å². The second kappa shape index (κ2) is 8.66. The number of nitrogens with zero attached hydrogens (tertiary/aromatic N) is 1. The predicted octanol–water partition coefficient (Wildman–Crippen LogP) is 2.89. The van der Waals surface area contributed by atoms with Crippen molar-refractivity contribution in [2.45, 2.75) is 33.7 Å². The largest absolute Gasteiger partial charge is 0.459 e. The molecule has 0 radical (unpaired) electrons. The van der Waals surface area contributed by atoms with Gasteiger partial charge in [-0.15, -0.1) is 11.3 Å². The Hall–Kier alpha value is -2.61. The first kappa shape index (κ1) is 19.7. The number of hydrogen-bond acceptors (Lipinski definition) is 5. The highest BCUT2D eigenvalue weighted by atomic mass is 32.1. The van der Waals surface area contributed by atoms with Crippen molar-refractivity contribution in [2.75, 3.05) is 18.4 Å². The van der Waals surface area contributed by atoms with E-state index < -0.39 is 0 Å². The van der Waals surface area contributed by atoms with E-state index in [-0.39, 0.29) is 36.1 Å². The Kier molecular flexibility index (Phi) is 6.57. The van der Waals surface area contributed by atoms with Gasteiger partial charge in [-0.25, -0.2) is 0 Å². The van der Waals surface area contributed by atoms with Gasteiger partial charge < -0.3 is 20.0 Å². The van der Waals surface area contributed by atoms with Gasteiger partial charge in [0.2, 0.25) is 5.91 Å². The highest BCUT2D eigenvalue weighted by Gasteiger charge is 2.22. The van der Waals surface area contributed by atoms with E-state index in [1.165, 1.54) is 22.5 Å². The number of carbonyl (C=O) groups excluding carboxylic acids is 3. The van der Waals surface area contributed by atoms with Gasteiger partial charge in [-0.2, -0.15) is 0 Å². The summed E-state index contributed by atoms with van der Waals surface area (Å²) in [7, 11) is 0. The van der Waals surface area contributed by atoms with Gasteiger partial charge in [0.25, 0.3) is 11.8 Å². The zero-order chi connectivity index (χ0) is 19.3. The molecule has 0 fully saturated rings. The van der Waals surface area contributed by atoms with E-state index in [0.29, 0.717) is 16.4 Å². The molecular weight excluding hydrogens is 354 g/mol. The molecule has 0 aromatic carbocycles. The Morgan fingerprint density at radius 3 is 2.62 bits per heavy atom. The summed E-state index contributed by atoms with van der Waals surface area (Å²) in [5, 5.41) is 6.05. The zero-order valence-electron chi connectivity index (χ0n) is 15.3. The van der Waals surface area contributed by atoms with Crippen molar-refractivity contribution in [1.82, 2.24) is 10.2 Å². The van der Waals surface area contributed by atoms with Crippen LogP contribution in [0.1, 0.15) is 46.6 Å². The minimum Gasteiger partial charge on any atom is -0.459 e. The van der Waals surface area contributed by atoms with Crippen molar-refractivity contribution in [3.05, 3.63) is 40.7 Å². The van der Waals surface area contributed by atoms with Crippen LogP contribution in [0.15, 0.2) is 28.9 Å². The number of nitrogens with one attached hydrogen (secondary N) is 2. The summed E-state index contributed by atoms with van der Waals surface area (Å²) >= 11 is 1.18. The normalized spacial score (nSPS) is 10.7. The second-order valence-corrected chi connectivity index (χ2v) is 7.15. The number of amides is 3. The molecule has 8 heteroatoms. The van der Waals surface area contributed by atoms with Crippen molar-refractivity contribution in [3.8, 4) is 0 Å². The molecule has 3 amide bonds. The lowest BCUT2D eigenvalue weighted by Crippen LogP contribution is -2.42. The van der Waals surface area contributed by atoms with E-state index in [9.17, 15) is 14.4 Å². The fourth-order valence-corrected chi connectivity index (χ4v) is 3.38. The lowest BCUT2D eigenvalue weighted by molar-refractivity contribution is -0.122. The molecule has 0 saturated carbocycles. The van der Waals surface area contributed by atoms with Crippen molar-refractivity contribution < 1.29 is 18.8 Å². The van der Waals surface area contributed by atoms with E-state index in [1.54, 1.807) is 25.1 Å². The maximum Gasteiger partial charge on any atom is 0.291 e. The van der Waals surface area contributed by atoms with Gasteiger partial charge in [0, 0.05) is 12.6 Å².